The van der Waals surface area contributed by atoms with Crippen LogP contribution >= 0.6 is 0 Å². The van der Waals surface area contributed by atoms with E-state index in [0.717, 1.165) is 27.3 Å². The number of hydrogen-bond acceptors (Lipinski definition) is 3. The number of likely N-dealkylation sites (N-methyl/N-ethyl adjacent to an activating group) is 1. The number of aryl methyl sites for hydroxylation is 3. The maximum atomic E-state index is 12.3. The molecule has 0 heterocycles. The number of carbonyl (C=O) groups excluding carboxylic acids is 2. The van der Waals surface area contributed by atoms with Crippen molar-refractivity contribution in [3.05, 3.63) is 28.8 Å². The average Bonchev–Trinajstić information content (AvgIpc) is 2.49. The van der Waals surface area contributed by atoms with E-state index in [2.05, 4.69) is 16.7 Å². The molecule has 26 heavy (non-hydrogen) atoms. The van der Waals surface area contributed by atoms with E-state index >= 15 is 0 Å². The van der Waals surface area contributed by atoms with Crippen LogP contribution < -0.4 is 15.5 Å². The largest absolute Gasteiger partial charge is 0.333 e. The summed E-state index contributed by atoms with van der Waals surface area (Å²) >= 11 is 0. The van der Waals surface area contributed by atoms with Crippen molar-refractivity contribution in [2.24, 2.45) is 5.92 Å². The van der Waals surface area contributed by atoms with Crippen molar-refractivity contribution < 1.29 is 14.5 Å². The Hall–Kier alpha value is -2.39. The van der Waals surface area contributed by atoms with Gasteiger partial charge in [-0.2, -0.15) is 5.26 Å². The quantitative estimate of drug-likeness (QED) is 0.682. The smallest absolute Gasteiger partial charge is 0.279 e. The standard InChI is InChI=1S/C20H30N4O2/c1-13(2)20(6,12-21)23-18(26)11-24(7)10-17(25)22-19-15(4)8-14(3)9-16(19)5/h8-9,13H,10-11H2,1-7H3,(H,22,25)(H,23,26)/p+1/t20-/m0/s1. The Bertz CT molecular complexity index is 698. The van der Waals surface area contributed by atoms with E-state index < -0.39 is 5.54 Å². The van der Waals surface area contributed by atoms with Crippen molar-refractivity contribution in [1.29, 1.82) is 5.26 Å². The zero-order chi connectivity index (χ0) is 20.1. The number of amides is 2. The fourth-order valence-electron chi connectivity index (χ4n) is 2.81. The number of nitriles is 1. The molecule has 3 N–H and O–H groups in total. The summed E-state index contributed by atoms with van der Waals surface area (Å²) in [4.78, 5) is 25.3. The highest BCUT2D eigenvalue weighted by Gasteiger charge is 2.31. The maximum Gasteiger partial charge on any atom is 0.279 e. The van der Waals surface area contributed by atoms with Gasteiger partial charge < -0.3 is 15.5 Å². The monoisotopic (exact) mass is 359 g/mol. The SMILES string of the molecule is Cc1cc(C)c(NC(=O)C[NH+](C)CC(=O)N[C@@](C)(C#N)C(C)C)c(C)c1. The summed E-state index contributed by atoms with van der Waals surface area (Å²) in [6.45, 7) is 11.7. The van der Waals surface area contributed by atoms with Crippen molar-refractivity contribution in [2.45, 2.75) is 47.1 Å². The Balaban J connectivity index is 2.63. The maximum absolute atomic E-state index is 12.3. The Morgan fingerprint density at radius 1 is 1.15 bits per heavy atom. The van der Waals surface area contributed by atoms with Crippen LogP contribution in [-0.4, -0.2) is 37.5 Å². The minimum atomic E-state index is -0.907. The fourth-order valence-corrected chi connectivity index (χ4v) is 2.81. The van der Waals surface area contributed by atoms with E-state index in [0.29, 0.717) is 0 Å². The second-order valence-electron chi connectivity index (χ2n) is 7.65. The summed E-state index contributed by atoms with van der Waals surface area (Å²) < 4.78 is 0. The van der Waals surface area contributed by atoms with Gasteiger partial charge in [0.25, 0.3) is 11.8 Å². The van der Waals surface area contributed by atoms with E-state index in [9.17, 15) is 14.9 Å². The summed E-state index contributed by atoms with van der Waals surface area (Å²) in [5.74, 6) is -0.388. The lowest BCUT2D eigenvalue weighted by Gasteiger charge is -2.27. The van der Waals surface area contributed by atoms with Gasteiger partial charge in [0.2, 0.25) is 0 Å². The predicted octanol–water partition coefficient (Wildman–Crippen LogP) is 1.12. The molecule has 0 spiro atoms. The molecule has 0 aliphatic heterocycles. The van der Waals surface area contributed by atoms with Crippen LogP contribution in [0.25, 0.3) is 0 Å². The van der Waals surface area contributed by atoms with E-state index in [1.165, 1.54) is 0 Å². The summed E-state index contributed by atoms with van der Waals surface area (Å²) in [7, 11) is 1.78. The summed E-state index contributed by atoms with van der Waals surface area (Å²) in [6.07, 6.45) is 0. The van der Waals surface area contributed by atoms with Gasteiger partial charge in [-0.15, -0.1) is 0 Å². The molecule has 1 aromatic carbocycles. The lowest BCUT2D eigenvalue weighted by molar-refractivity contribution is -0.862. The van der Waals surface area contributed by atoms with Crippen LogP contribution in [0.5, 0.6) is 0 Å². The molecule has 0 fully saturated rings. The fraction of sp³-hybridized carbons (Fsp3) is 0.550. The van der Waals surface area contributed by atoms with Crippen molar-refractivity contribution in [3.8, 4) is 6.07 Å². The molecular weight excluding hydrogens is 328 g/mol. The molecule has 0 aliphatic rings. The summed E-state index contributed by atoms with van der Waals surface area (Å²) in [5, 5.41) is 15.0. The van der Waals surface area contributed by atoms with Crippen molar-refractivity contribution >= 4 is 17.5 Å². The van der Waals surface area contributed by atoms with Crippen molar-refractivity contribution in [3.63, 3.8) is 0 Å². The molecule has 2 amide bonds. The van der Waals surface area contributed by atoms with Crippen molar-refractivity contribution in [2.75, 3.05) is 25.5 Å². The first-order chi connectivity index (χ1) is 12.0. The van der Waals surface area contributed by atoms with Gasteiger partial charge in [0.1, 0.15) is 5.54 Å². The van der Waals surface area contributed by atoms with Gasteiger partial charge in [0.05, 0.1) is 13.1 Å². The number of carbonyl (C=O) groups is 2. The second kappa shape index (κ2) is 8.81. The lowest BCUT2D eigenvalue weighted by atomic mass is 9.90. The molecule has 0 radical (unpaired) electrons. The first-order valence-electron chi connectivity index (χ1n) is 8.89. The highest BCUT2D eigenvalue weighted by molar-refractivity contribution is 5.93. The van der Waals surface area contributed by atoms with Crippen molar-refractivity contribution in [1.82, 2.24) is 5.32 Å². The van der Waals surface area contributed by atoms with Crippen LogP contribution in [0.1, 0.15) is 37.5 Å². The van der Waals surface area contributed by atoms with Gasteiger partial charge in [-0.1, -0.05) is 31.5 Å². The zero-order valence-electron chi connectivity index (χ0n) is 16.9. The van der Waals surface area contributed by atoms with Crippen LogP contribution in [0.4, 0.5) is 5.69 Å². The van der Waals surface area contributed by atoms with Crippen LogP contribution in [0.2, 0.25) is 0 Å². The van der Waals surface area contributed by atoms with E-state index in [-0.39, 0.29) is 30.8 Å². The third-order valence-corrected chi connectivity index (χ3v) is 4.65. The molecule has 0 saturated carbocycles. The molecule has 142 valence electrons. The number of nitrogens with one attached hydrogen (secondary N) is 3. The Morgan fingerprint density at radius 2 is 1.65 bits per heavy atom. The van der Waals surface area contributed by atoms with E-state index in [1.54, 1.807) is 14.0 Å². The minimum absolute atomic E-state index is 0.00691. The average molecular weight is 359 g/mol. The third kappa shape index (κ3) is 5.85. The molecule has 6 nitrogen and oxygen atoms in total. The van der Waals surface area contributed by atoms with E-state index in [4.69, 9.17) is 0 Å². The van der Waals surface area contributed by atoms with Gasteiger partial charge in [-0.05, 0) is 44.7 Å². The van der Waals surface area contributed by atoms with Crippen LogP contribution in [0.15, 0.2) is 12.1 Å². The number of hydrogen-bond donors (Lipinski definition) is 3. The number of nitrogens with zero attached hydrogens (tertiary/aromatic N) is 1. The summed E-state index contributed by atoms with van der Waals surface area (Å²) in [5.41, 5.74) is 3.12. The van der Waals surface area contributed by atoms with Crippen LogP contribution in [0, 0.1) is 38.0 Å². The second-order valence-corrected chi connectivity index (χ2v) is 7.65. The topological polar surface area (TPSA) is 86.4 Å². The van der Waals surface area contributed by atoms with Gasteiger partial charge in [-0.25, -0.2) is 0 Å². The highest BCUT2D eigenvalue weighted by Crippen LogP contribution is 2.21. The number of benzene rings is 1. The summed E-state index contributed by atoms with van der Waals surface area (Å²) in [6, 6.07) is 6.21. The molecule has 1 rings (SSSR count). The molecule has 2 atom stereocenters. The first-order valence-corrected chi connectivity index (χ1v) is 8.89. The molecule has 0 bridgehead atoms. The number of rotatable bonds is 7. The zero-order valence-corrected chi connectivity index (χ0v) is 16.9. The molecule has 0 aromatic heterocycles. The third-order valence-electron chi connectivity index (χ3n) is 4.65. The van der Waals surface area contributed by atoms with Crippen LogP contribution in [0.3, 0.4) is 0 Å². The van der Waals surface area contributed by atoms with E-state index in [1.807, 2.05) is 46.8 Å². The Morgan fingerprint density at radius 3 is 2.12 bits per heavy atom. The Kier molecular flexibility index (Phi) is 7.34. The van der Waals surface area contributed by atoms with Gasteiger partial charge in [-0.3, -0.25) is 9.59 Å². The molecular formula is C20H31N4O2+. The molecule has 6 heteroatoms. The molecule has 0 aliphatic carbocycles. The lowest BCUT2D eigenvalue weighted by Crippen LogP contribution is -3.11. The first kappa shape index (κ1) is 21.7. The molecule has 1 aromatic rings. The molecule has 1 unspecified atom stereocenters. The van der Waals surface area contributed by atoms with Gasteiger partial charge in [0.15, 0.2) is 13.1 Å². The van der Waals surface area contributed by atoms with Gasteiger partial charge >= 0.3 is 0 Å². The Labute approximate surface area is 156 Å². The number of anilines is 1. The highest BCUT2D eigenvalue weighted by atomic mass is 16.2. The van der Waals surface area contributed by atoms with Gasteiger partial charge in [0, 0.05) is 5.69 Å². The predicted molar refractivity (Wildman–Crippen MR) is 103 cm³/mol. The number of quaternary nitrogens is 1. The normalized spacial score (nSPS) is 14.3. The minimum Gasteiger partial charge on any atom is -0.333 e. The molecule has 0 saturated heterocycles. The van der Waals surface area contributed by atoms with Crippen LogP contribution in [-0.2, 0) is 9.59 Å².